The second-order valence-electron chi connectivity index (χ2n) is 6.21. The highest BCUT2D eigenvalue weighted by molar-refractivity contribution is 7.92. The number of hydrogen-bond donors (Lipinski definition) is 1. The molecule has 1 heterocycles. The molecule has 2 rings (SSSR count). The van der Waals surface area contributed by atoms with E-state index in [1.54, 1.807) is 24.3 Å². The highest BCUT2D eigenvalue weighted by Gasteiger charge is 2.29. The second kappa shape index (κ2) is 7.30. The van der Waals surface area contributed by atoms with E-state index in [1.807, 2.05) is 0 Å². The van der Waals surface area contributed by atoms with Gasteiger partial charge in [0.25, 0.3) is 0 Å². The van der Waals surface area contributed by atoms with E-state index in [4.69, 9.17) is 0 Å². The Kier molecular flexibility index (Phi) is 5.75. The SMILES string of the molecule is CN(c1cccc(NC(=O)C2CCN(S(C)(=O)=O)CC2)c1)S(C)(=O)=O. The zero-order chi connectivity index (χ0) is 18.8. The first-order valence-corrected chi connectivity index (χ1v) is 11.5. The molecule has 0 unspecified atom stereocenters. The third-order valence-electron chi connectivity index (χ3n) is 4.27. The third kappa shape index (κ3) is 5.16. The van der Waals surface area contributed by atoms with Crippen LogP contribution >= 0.6 is 0 Å². The number of amides is 1. The Hall–Kier alpha value is -1.65. The number of nitrogens with zero attached hydrogens (tertiary/aromatic N) is 2. The Labute approximate surface area is 148 Å². The van der Waals surface area contributed by atoms with Crippen LogP contribution in [0.2, 0.25) is 0 Å². The van der Waals surface area contributed by atoms with Crippen molar-refractivity contribution in [2.75, 3.05) is 42.3 Å². The number of carbonyl (C=O) groups excluding carboxylic acids is 1. The molecule has 1 N–H and O–H groups in total. The number of rotatable bonds is 5. The van der Waals surface area contributed by atoms with Gasteiger partial charge in [-0.2, -0.15) is 0 Å². The van der Waals surface area contributed by atoms with Gasteiger partial charge in [-0.25, -0.2) is 21.1 Å². The minimum Gasteiger partial charge on any atom is -0.326 e. The molecule has 0 spiro atoms. The van der Waals surface area contributed by atoms with Crippen molar-refractivity contribution in [3.8, 4) is 0 Å². The highest BCUT2D eigenvalue weighted by Crippen LogP contribution is 2.23. The van der Waals surface area contributed by atoms with Gasteiger partial charge in [0, 0.05) is 31.7 Å². The molecule has 0 saturated carbocycles. The van der Waals surface area contributed by atoms with Gasteiger partial charge in [-0.15, -0.1) is 0 Å². The van der Waals surface area contributed by atoms with E-state index in [9.17, 15) is 21.6 Å². The molecule has 8 nitrogen and oxygen atoms in total. The number of sulfonamides is 2. The fourth-order valence-corrected chi connectivity index (χ4v) is 4.04. The van der Waals surface area contributed by atoms with Crippen molar-refractivity contribution in [2.24, 2.45) is 5.92 Å². The van der Waals surface area contributed by atoms with E-state index >= 15 is 0 Å². The molecule has 1 aromatic carbocycles. The largest absolute Gasteiger partial charge is 0.326 e. The summed E-state index contributed by atoms with van der Waals surface area (Å²) in [5.74, 6) is -0.457. The fraction of sp³-hybridized carbons (Fsp3) is 0.533. The summed E-state index contributed by atoms with van der Waals surface area (Å²) in [5, 5.41) is 2.78. The molecule has 0 aromatic heterocycles. The number of carbonyl (C=O) groups is 1. The molecule has 1 aromatic rings. The van der Waals surface area contributed by atoms with Gasteiger partial charge in [0.15, 0.2) is 0 Å². The Morgan fingerprint density at radius 2 is 1.76 bits per heavy atom. The number of hydrogen-bond acceptors (Lipinski definition) is 5. The van der Waals surface area contributed by atoms with Crippen LogP contribution in [0.5, 0.6) is 0 Å². The first kappa shape index (κ1) is 19.7. The van der Waals surface area contributed by atoms with Gasteiger partial charge >= 0.3 is 0 Å². The van der Waals surface area contributed by atoms with Crippen LogP contribution in [0.15, 0.2) is 24.3 Å². The van der Waals surface area contributed by atoms with Crippen LogP contribution in [0.3, 0.4) is 0 Å². The molecule has 1 aliphatic heterocycles. The van der Waals surface area contributed by atoms with Gasteiger partial charge < -0.3 is 5.32 Å². The van der Waals surface area contributed by atoms with Gasteiger partial charge in [0.05, 0.1) is 18.2 Å². The Balaban J connectivity index is 2.02. The van der Waals surface area contributed by atoms with Crippen molar-refractivity contribution in [3.05, 3.63) is 24.3 Å². The summed E-state index contributed by atoms with van der Waals surface area (Å²) < 4.78 is 48.7. The van der Waals surface area contributed by atoms with E-state index in [1.165, 1.54) is 11.4 Å². The molecule has 1 amide bonds. The monoisotopic (exact) mass is 389 g/mol. The van der Waals surface area contributed by atoms with Gasteiger partial charge in [-0.1, -0.05) is 6.07 Å². The van der Waals surface area contributed by atoms with E-state index < -0.39 is 20.0 Å². The molecule has 10 heteroatoms. The standard InChI is InChI=1S/C15H23N3O5S2/c1-17(24(2,20)21)14-6-4-5-13(11-14)16-15(19)12-7-9-18(10-8-12)25(3,22)23/h4-6,11-12H,7-10H2,1-3H3,(H,16,19). The van der Waals surface area contributed by atoms with Crippen molar-refractivity contribution in [3.63, 3.8) is 0 Å². The van der Waals surface area contributed by atoms with E-state index in [0.29, 0.717) is 37.3 Å². The lowest BCUT2D eigenvalue weighted by atomic mass is 9.97. The molecule has 140 valence electrons. The zero-order valence-electron chi connectivity index (χ0n) is 14.5. The minimum atomic E-state index is -3.38. The lowest BCUT2D eigenvalue weighted by molar-refractivity contribution is -0.120. The van der Waals surface area contributed by atoms with Gasteiger partial charge in [-0.3, -0.25) is 9.10 Å². The normalized spacial score (nSPS) is 17.2. The summed E-state index contributed by atoms with van der Waals surface area (Å²) in [6, 6.07) is 6.58. The zero-order valence-corrected chi connectivity index (χ0v) is 16.1. The molecule has 0 bridgehead atoms. The number of benzene rings is 1. The molecule has 1 saturated heterocycles. The average Bonchev–Trinajstić information content (AvgIpc) is 2.53. The maximum Gasteiger partial charge on any atom is 0.231 e. The van der Waals surface area contributed by atoms with Crippen LogP contribution in [-0.2, 0) is 24.8 Å². The predicted octanol–water partition coefficient (Wildman–Crippen LogP) is 0.692. The van der Waals surface area contributed by atoms with Crippen LogP contribution < -0.4 is 9.62 Å². The summed E-state index contributed by atoms with van der Waals surface area (Å²) in [4.78, 5) is 12.4. The number of nitrogens with one attached hydrogen (secondary N) is 1. The van der Waals surface area contributed by atoms with E-state index in [2.05, 4.69) is 5.32 Å². The minimum absolute atomic E-state index is 0.188. The first-order valence-electron chi connectivity index (χ1n) is 7.78. The summed E-state index contributed by atoms with van der Waals surface area (Å²) in [7, 11) is -5.17. The molecule has 1 fully saturated rings. The number of piperidine rings is 1. The maximum absolute atomic E-state index is 12.4. The lowest BCUT2D eigenvalue weighted by Gasteiger charge is -2.29. The second-order valence-corrected chi connectivity index (χ2v) is 10.2. The topological polar surface area (TPSA) is 104 Å². The van der Waals surface area contributed by atoms with Crippen molar-refractivity contribution in [1.82, 2.24) is 4.31 Å². The molecule has 0 radical (unpaired) electrons. The molecular weight excluding hydrogens is 366 g/mol. The summed E-state index contributed by atoms with van der Waals surface area (Å²) >= 11 is 0. The summed E-state index contributed by atoms with van der Waals surface area (Å²) in [6.45, 7) is 0.654. The van der Waals surface area contributed by atoms with Crippen molar-refractivity contribution in [1.29, 1.82) is 0 Å². The van der Waals surface area contributed by atoms with E-state index in [0.717, 1.165) is 16.8 Å². The van der Waals surface area contributed by atoms with Gasteiger partial charge in [-0.05, 0) is 31.0 Å². The average molecular weight is 389 g/mol. The van der Waals surface area contributed by atoms with Crippen LogP contribution in [0.1, 0.15) is 12.8 Å². The Morgan fingerprint density at radius 1 is 1.16 bits per heavy atom. The van der Waals surface area contributed by atoms with Crippen LogP contribution in [-0.4, -0.2) is 59.7 Å². The molecule has 0 atom stereocenters. The van der Waals surface area contributed by atoms with Crippen LogP contribution in [0, 0.1) is 5.92 Å². The highest BCUT2D eigenvalue weighted by atomic mass is 32.2. The summed E-state index contributed by atoms with van der Waals surface area (Å²) in [6.07, 6.45) is 3.19. The molecular formula is C15H23N3O5S2. The number of anilines is 2. The Morgan fingerprint density at radius 3 is 2.28 bits per heavy atom. The lowest BCUT2D eigenvalue weighted by Crippen LogP contribution is -2.40. The molecule has 0 aliphatic carbocycles. The van der Waals surface area contributed by atoms with Gasteiger partial charge in [0.1, 0.15) is 0 Å². The molecule has 25 heavy (non-hydrogen) atoms. The van der Waals surface area contributed by atoms with Crippen molar-refractivity contribution < 1.29 is 21.6 Å². The Bertz CT molecular complexity index is 844. The van der Waals surface area contributed by atoms with Crippen LogP contribution in [0.4, 0.5) is 11.4 Å². The van der Waals surface area contributed by atoms with Gasteiger partial charge in [0.2, 0.25) is 26.0 Å². The maximum atomic E-state index is 12.4. The fourth-order valence-electron chi connectivity index (χ4n) is 2.66. The quantitative estimate of drug-likeness (QED) is 0.798. The first-order chi connectivity index (χ1) is 11.5. The van der Waals surface area contributed by atoms with Crippen molar-refractivity contribution >= 4 is 37.3 Å². The van der Waals surface area contributed by atoms with Crippen LogP contribution in [0.25, 0.3) is 0 Å². The summed E-state index contributed by atoms with van der Waals surface area (Å²) in [5.41, 5.74) is 0.954. The smallest absolute Gasteiger partial charge is 0.231 e. The van der Waals surface area contributed by atoms with E-state index in [-0.39, 0.29) is 11.8 Å². The van der Waals surface area contributed by atoms with Crippen molar-refractivity contribution in [2.45, 2.75) is 12.8 Å². The predicted molar refractivity (Wildman–Crippen MR) is 97.5 cm³/mol. The molecule has 1 aliphatic rings. The third-order valence-corrected chi connectivity index (χ3v) is 6.78.